The van der Waals surface area contributed by atoms with Gasteiger partial charge in [0.05, 0.1) is 30.0 Å². The number of benzene rings is 3. The van der Waals surface area contributed by atoms with Crippen molar-refractivity contribution in [2.75, 3.05) is 38.0 Å². The van der Waals surface area contributed by atoms with Crippen molar-refractivity contribution in [3.8, 4) is 16.9 Å². The van der Waals surface area contributed by atoms with Gasteiger partial charge in [-0.05, 0) is 124 Å². The van der Waals surface area contributed by atoms with Gasteiger partial charge in [0.2, 0.25) is 0 Å². The van der Waals surface area contributed by atoms with Gasteiger partial charge in [0.1, 0.15) is 17.5 Å². The molecule has 3 aromatic carbocycles. The number of nitrogens with zero attached hydrogens (tertiary/aromatic N) is 2. The fraction of sp³-hybridized carbons (Fsp3) is 0.611. The van der Waals surface area contributed by atoms with Crippen molar-refractivity contribution in [1.29, 1.82) is 0 Å². The lowest BCUT2D eigenvalue weighted by Gasteiger charge is -2.46. The van der Waals surface area contributed by atoms with Crippen molar-refractivity contribution in [2.24, 2.45) is 5.41 Å². The highest BCUT2D eigenvalue weighted by Gasteiger charge is 2.51. The zero-order valence-corrected chi connectivity index (χ0v) is 44.8. The number of likely N-dealkylation sites (tertiary alicyclic amines) is 1. The van der Waals surface area contributed by atoms with Gasteiger partial charge in [0, 0.05) is 36.2 Å². The molecule has 1 aliphatic heterocycles. The van der Waals surface area contributed by atoms with Crippen LogP contribution in [0.2, 0.25) is 0 Å². The number of nitrogens with one attached hydrogen (secondary N) is 1. The standard InChI is InChI=1S/C54H82N3O12P/c1-50(2,3)54(66-49(62)65-51(4,5)6,42-29-30-46(41(37-42)38-58)67-70(63,68-52(7,8)9)69-53(10,11)12)39-57(48(60)61)34-24-17-15-13-14-16-23-33-56-35-31-43(32-36-56)64-47(59)55-45-28-22-21-27-44(45)40-25-19-18-20-26-40/h18-22,25-30,37,43,58H,13-17,23-24,31-36,38-39H2,1-12H3,(H,55,59)(H,60,61)/t54-/m0/s1. The second kappa shape index (κ2) is 25.1. The van der Waals surface area contributed by atoms with E-state index in [1.54, 1.807) is 74.4 Å². The Labute approximate surface area is 417 Å². The van der Waals surface area contributed by atoms with E-state index >= 15 is 0 Å². The maximum atomic E-state index is 14.1. The van der Waals surface area contributed by atoms with Crippen molar-refractivity contribution in [3.63, 3.8) is 0 Å². The van der Waals surface area contributed by atoms with Crippen LogP contribution in [-0.4, -0.2) is 94.0 Å². The van der Waals surface area contributed by atoms with Gasteiger partial charge in [-0.3, -0.25) is 14.4 Å². The van der Waals surface area contributed by atoms with E-state index in [-0.39, 0.29) is 30.5 Å². The number of para-hydroxylation sites is 1. The average Bonchev–Trinajstić information content (AvgIpc) is 3.23. The third-order valence-corrected chi connectivity index (χ3v) is 13.6. The molecule has 0 radical (unpaired) electrons. The lowest BCUT2D eigenvalue weighted by molar-refractivity contribution is -0.127. The second-order valence-electron chi connectivity index (χ2n) is 22.2. The number of hydrogen-bond acceptors (Lipinski definition) is 12. The number of aliphatic hydroxyl groups is 1. The van der Waals surface area contributed by atoms with Gasteiger partial charge < -0.3 is 38.7 Å². The topological polar surface area (TPSA) is 183 Å². The molecular weight excluding hydrogens is 914 g/mol. The maximum Gasteiger partial charge on any atom is 0.531 e. The first-order chi connectivity index (χ1) is 32.6. The van der Waals surface area contributed by atoms with Gasteiger partial charge >= 0.3 is 26.2 Å². The molecule has 70 heavy (non-hydrogen) atoms. The molecule has 16 heteroatoms. The molecule has 0 aromatic heterocycles. The van der Waals surface area contributed by atoms with Crippen LogP contribution < -0.4 is 9.84 Å². The van der Waals surface area contributed by atoms with Crippen molar-refractivity contribution in [2.45, 2.75) is 176 Å². The number of phosphoric acid groups is 1. The molecule has 3 N–H and O–H groups in total. The van der Waals surface area contributed by atoms with Crippen LogP contribution in [0.25, 0.3) is 11.1 Å². The quantitative estimate of drug-likeness (QED) is 0.0491. The largest absolute Gasteiger partial charge is 0.531 e. The maximum absolute atomic E-state index is 14.1. The molecule has 3 aromatic rings. The molecule has 0 spiro atoms. The second-order valence-corrected chi connectivity index (χ2v) is 23.7. The summed E-state index contributed by atoms with van der Waals surface area (Å²) >= 11 is 0. The number of rotatable bonds is 22. The molecule has 1 fully saturated rings. The van der Waals surface area contributed by atoms with Gasteiger partial charge in [-0.2, -0.15) is 0 Å². The molecule has 0 aliphatic carbocycles. The van der Waals surface area contributed by atoms with Crippen LogP contribution in [0, 0.1) is 5.41 Å². The van der Waals surface area contributed by atoms with E-state index in [0.717, 1.165) is 87.8 Å². The summed E-state index contributed by atoms with van der Waals surface area (Å²) in [6, 6.07) is 22.3. The molecule has 1 aliphatic rings. The molecule has 2 amide bonds. The van der Waals surface area contributed by atoms with E-state index in [9.17, 15) is 29.2 Å². The lowest BCUT2D eigenvalue weighted by atomic mass is 9.71. The number of carbonyl (C=O) groups excluding carboxylic acids is 2. The minimum atomic E-state index is -4.27. The van der Waals surface area contributed by atoms with Gasteiger partial charge in [0.25, 0.3) is 0 Å². The van der Waals surface area contributed by atoms with E-state index in [2.05, 4.69) is 10.2 Å². The smallest absolute Gasteiger partial charge is 0.465 e. The molecular formula is C54H82N3O12P. The highest BCUT2D eigenvalue weighted by atomic mass is 31.2. The van der Waals surface area contributed by atoms with Crippen LogP contribution in [0.4, 0.5) is 20.1 Å². The molecule has 1 heterocycles. The Balaban J connectivity index is 1.31. The predicted octanol–water partition coefficient (Wildman–Crippen LogP) is 13.6. The minimum absolute atomic E-state index is 0.0219. The van der Waals surface area contributed by atoms with Gasteiger partial charge in [0.15, 0.2) is 5.60 Å². The summed E-state index contributed by atoms with van der Waals surface area (Å²) in [6.07, 6.45) is 5.46. The number of phosphoric ester groups is 1. The number of hydrogen-bond donors (Lipinski definition) is 3. The Bertz CT molecular complexity index is 2170. The molecule has 4 rings (SSSR count). The highest BCUT2D eigenvalue weighted by molar-refractivity contribution is 7.49. The van der Waals surface area contributed by atoms with Crippen molar-refractivity contribution in [3.05, 3.63) is 83.9 Å². The highest BCUT2D eigenvalue weighted by Crippen LogP contribution is 2.56. The summed E-state index contributed by atoms with van der Waals surface area (Å²) in [5, 5.41) is 24.2. The summed E-state index contributed by atoms with van der Waals surface area (Å²) in [5.74, 6) is 0.0219. The van der Waals surface area contributed by atoms with Crippen LogP contribution in [0.1, 0.15) is 152 Å². The zero-order valence-electron chi connectivity index (χ0n) is 43.9. The van der Waals surface area contributed by atoms with Crippen LogP contribution in [0.5, 0.6) is 5.75 Å². The number of carbonyl (C=O) groups is 3. The number of ether oxygens (including phenoxy) is 3. The Morgan fingerprint density at radius 2 is 1.30 bits per heavy atom. The van der Waals surface area contributed by atoms with E-state index in [4.69, 9.17) is 27.8 Å². The minimum Gasteiger partial charge on any atom is -0.465 e. The zero-order chi connectivity index (χ0) is 52.0. The molecule has 390 valence electrons. The number of aliphatic hydroxyl groups excluding tert-OH is 1. The average molecular weight is 996 g/mol. The molecule has 1 saturated heterocycles. The summed E-state index contributed by atoms with van der Waals surface area (Å²) in [6.45, 7) is 23.1. The first-order valence-electron chi connectivity index (χ1n) is 24.8. The number of unbranched alkanes of at least 4 members (excludes halogenated alkanes) is 6. The van der Waals surface area contributed by atoms with E-state index in [1.165, 1.54) is 11.0 Å². The first-order valence-corrected chi connectivity index (χ1v) is 26.3. The van der Waals surface area contributed by atoms with Gasteiger partial charge in [-0.25, -0.2) is 18.9 Å². The Kier molecular flexibility index (Phi) is 20.8. The van der Waals surface area contributed by atoms with Crippen LogP contribution in [0.15, 0.2) is 72.8 Å². The van der Waals surface area contributed by atoms with Gasteiger partial charge in [-0.15, -0.1) is 0 Å². The fourth-order valence-corrected chi connectivity index (χ4v) is 10.2. The van der Waals surface area contributed by atoms with Crippen LogP contribution in [0.3, 0.4) is 0 Å². The summed E-state index contributed by atoms with van der Waals surface area (Å²) in [5.41, 5.74) is -2.04. The third kappa shape index (κ3) is 18.8. The normalized spacial score (nSPS) is 15.2. The summed E-state index contributed by atoms with van der Waals surface area (Å²) in [4.78, 5) is 43.1. The molecule has 15 nitrogen and oxygen atoms in total. The van der Waals surface area contributed by atoms with E-state index < -0.39 is 60.6 Å². The molecule has 0 saturated carbocycles. The Morgan fingerprint density at radius 1 is 0.729 bits per heavy atom. The van der Waals surface area contributed by atoms with E-state index in [1.807, 2.05) is 75.4 Å². The number of piperidine rings is 1. The first kappa shape index (κ1) is 57.9. The fourth-order valence-electron chi connectivity index (χ4n) is 8.35. The predicted molar refractivity (Wildman–Crippen MR) is 274 cm³/mol. The number of amides is 2. The van der Waals surface area contributed by atoms with Crippen LogP contribution in [-0.2, 0) is 40.0 Å². The summed E-state index contributed by atoms with van der Waals surface area (Å²) in [7, 11) is -4.27. The van der Waals surface area contributed by atoms with Crippen molar-refractivity contribution >= 4 is 31.9 Å². The van der Waals surface area contributed by atoms with Crippen LogP contribution >= 0.6 is 7.82 Å². The SMILES string of the molecule is CC(C)(C)OC(=O)O[C@@](CN(CCCCCCCCCN1CCC(OC(=O)Nc2ccccc2-c2ccccc2)CC1)C(=O)O)(c1ccc(OP(=O)(OC(C)(C)C)OC(C)(C)C)c(CO)c1)C(C)(C)C. The molecule has 0 unspecified atom stereocenters. The van der Waals surface area contributed by atoms with Gasteiger partial charge in [-0.1, -0.05) is 107 Å². The summed E-state index contributed by atoms with van der Waals surface area (Å²) < 4.78 is 49.4. The van der Waals surface area contributed by atoms with Crippen molar-refractivity contribution in [1.82, 2.24) is 9.80 Å². The molecule has 0 bridgehead atoms. The lowest BCUT2D eigenvalue weighted by Crippen LogP contribution is -2.54. The number of anilines is 1. The molecule has 1 atom stereocenters. The van der Waals surface area contributed by atoms with Crippen molar-refractivity contribution < 1.29 is 56.9 Å². The third-order valence-electron chi connectivity index (χ3n) is 11.7. The monoisotopic (exact) mass is 996 g/mol. The Morgan fingerprint density at radius 3 is 1.86 bits per heavy atom. The Hall–Kier alpha value is -4.66. The number of carboxylic acid groups (broad SMARTS) is 1. The van der Waals surface area contributed by atoms with E-state index in [0.29, 0.717) is 12.0 Å².